The lowest BCUT2D eigenvalue weighted by molar-refractivity contribution is 0.302. The van der Waals surface area contributed by atoms with E-state index in [4.69, 9.17) is 20.4 Å². The summed E-state index contributed by atoms with van der Waals surface area (Å²) < 4.78 is 23.7. The van der Waals surface area contributed by atoms with E-state index in [9.17, 15) is 4.39 Å². The van der Waals surface area contributed by atoms with Crippen LogP contribution >= 0.6 is 0 Å². The number of halogens is 1. The second kappa shape index (κ2) is 6.56. The fourth-order valence-corrected chi connectivity index (χ4v) is 1.68. The number of pyridine rings is 1. The van der Waals surface area contributed by atoms with E-state index < -0.39 is 5.82 Å². The van der Waals surface area contributed by atoms with E-state index >= 15 is 0 Å². The van der Waals surface area contributed by atoms with Crippen LogP contribution in [0.2, 0.25) is 0 Å². The van der Waals surface area contributed by atoms with Gasteiger partial charge in [-0.1, -0.05) is 5.16 Å². The molecule has 0 unspecified atom stereocenters. The van der Waals surface area contributed by atoms with Crippen LogP contribution in [-0.2, 0) is 6.61 Å². The first-order valence-electron chi connectivity index (χ1n) is 6.01. The standard InChI is InChI=1S/C14H14FN3O3/c1-20-12-3-10(14(16)18-19)4-13(5-12)21-8-9-2-11(15)7-17-6-9/h2-7,19H,8H2,1H3,(H2,16,18). The lowest BCUT2D eigenvalue weighted by Gasteiger charge is -2.10. The number of oxime groups is 1. The maximum Gasteiger partial charge on any atom is 0.170 e. The van der Waals surface area contributed by atoms with Crippen molar-refractivity contribution in [3.63, 3.8) is 0 Å². The Hall–Kier alpha value is -2.83. The van der Waals surface area contributed by atoms with E-state index in [1.54, 1.807) is 18.2 Å². The van der Waals surface area contributed by atoms with Gasteiger partial charge in [0.25, 0.3) is 0 Å². The minimum Gasteiger partial charge on any atom is -0.497 e. The average molecular weight is 291 g/mol. The molecule has 1 aromatic carbocycles. The number of rotatable bonds is 5. The predicted octanol–water partition coefficient (Wildman–Crippen LogP) is 1.90. The molecule has 0 radical (unpaired) electrons. The van der Waals surface area contributed by atoms with Crippen LogP contribution in [0.1, 0.15) is 11.1 Å². The van der Waals surface area contributed by atoms with Crippen LogP contribution in [0.3, 0.4) is 0 Å². The zero-order chi connectivity index (χ0) is 15.2. The van der Waals surface area contributed by atoms with Gasteiger partial charge in [-0.25, -0.2) is 4.39 Å². The number of benzene rings is 1. The fraction of sp³-hybridized carbons (Fsp3) is 0.143. The molecule has 0 spiro atoms. The molecule has 0 amide bonds. The highest BCUT2D eigenvalue weighted by atomic mass is 19.1. The second-order valence-electron chi connectivity index (χ2n) is 4.18. The second-order valence-corrected chi connectivity index (χ2v) is 4.18. The summed E-state index contributed by atoms with van der Waals surface area (Å²) in [5.41, 5.74) is 6.58. The molecule has 0 saturated carbocycles. The number of ether oxygens (including phenoxy) is 2. The highest BCUT2D eigenvalue weighted by molar-refractivity contribution is 5.97. The molecule has 1 heterocycles. The van der Waals surface area contributed by atoms with Crippen LogP contribution in [0.4, 0.5) is 4.39 Å². The molecule has 2 rings (SSSR count). The van der Waals surface area contributed by atoms with Gasteiger partial charge in [0.2, 0.25) is 0 Å². The van der Waals surface area contributed by atoms with Gasteiger partial charge in [0, 0.05) is 23.4 Å². The molecule has 0 fully saturated rings. The molecule has 6 nitrogen and oxygen atoms in total. The quantitative estimate of drug-likeness (QED) is 0.380. The lowest BCUT2D eigenvalue weighted by atomic mass is 10.2. The van der Waals surface area contributed by atoms with Crippen LogP contribution in [0.15, 0.2) is 41.8 Å². The molecule has 110 valence electrons. The summed E-state index contributed by atoms with van der Waals surface area (Å²) in [6.07, 6.45) is 2.62. The van der Waals surface area contributed by atoms with E-state index in [0.29, 0.717) is 22.6 Å². The molecule has 0 aliphatic rings. The summed E-state index contributed by atoms with van der Waals surface area (Å²) in [7, 11) is 1.49. The topological polar surface area (TPSA) is 90.0 Å². The van der Waals surface area contributed by atoms with Crippen molar-refractivity contribution < 1.29 is 19.1 Å². The SMILES string of the molecule is COc1cc(OCc2cncc(F)c2)cc(/C(N)=N/O)c1. The van der Waals surface area contributed by atoms with Crippen molar-refractivity contribution >= 4 is 5.84 Å². The van der Waals surface area contributed by atoms with Gasteiger partial charge in [-0.15, -0.1) is 0 Å². The first kappa shape index (κ1) is 14.6. The van der Waals surface area contributed by atoms with Gasteiger partial charge in [-0.05, 0) is 18.2 Å². The lowest BCUT2D eigenvalue weighted by Crippen LogP contribution is -2.13. The molecule has 0 bridgehead atoms. The number of aromatic nitrogens is 1. The maximum absolute atomic E-state index is 13.0. The van der Waals surface area contributed by atoms with Crippen molar-refractivity contribution in [3.05, 3.63) is 53.6 Å². The molecular formula is C14H14FN3O3. The van der Waals surface area contributed by atoms with Gasteiger partial charge in [0.05, 0.1) is 13.3 Å². The number of methoxy groups -OCH3 is 1. The summed E-state index contributed by atoms with van der Waals surface area (Å²) in [6, 6.07) is 6.16. The van der Waals surface area contributed by atoms with Crippen molar-refractivity contribution in [1.29, 1.82) is 0 Å². The summed E-state index contributed by atoms with van der Waals surface area (Å²) in [4.78, 5) is 3.74. The van der Waals surface area contributed by atoms with Gasteiger partial charge in [0.15, 0.2) is 5.84 Å². The van der Waals surface area contributed by atoms with E-state index in [0.717, 1.165) is 6.20 Å². The maximum atomic E-state index is 13.0. The van der Waals surface area contributed by atoms with Crippen molar-refractivity contribution in [1.82, 2.24) is 4.98 Å². The van der Waals surface area contributed by atoms with Crippen LogP contribution in [0.5, 0.6) is 11.5 Å². The van der Waals surface area contributed by atoms with Gasteiger partial charge >= 0.3 is 0 Å². The molecule has 0 aliphatic carbocycles. The average Bonchev–Trinajstić information content (AvgIpc) is 2.51. The third kappa shape index (κ3) is 3.82. The number of nitrogens with two attached hydrogens (primary N) is 1. The van der Waals surface area contributed by atoms with Gasteiger partial charge in [0.1, 0.15) is 23.9 Å². The Balaban J connectivity index is 2.19. The Morgan fingerprint density at radius 2 is 2.05 bits per heavy atom. The third-order valence-corrected chi connectivity index (χ3v) is 2.69. The van der Waals surface area contributed by atoms with E-state index in [2.05, 4.69) is 10.1 Å². The van der Waals surface area contributed by atoms with E-state index in [1.807, 2.05) is 0 Å². The number of hydrogen-bond donors (Lipinski definition) is 2. The van der Waals surface area contributed by atoms with Crippen molar-refractivity contribution in [3.8, 4) is 11.5 Å². The Labute approximate surface area is 120 Å². The molecule has 0 saturated heterocycles. The van der Waals surface area contributed by atoms with E-state index in [-0.39, 0.29) is 12.4 Å². The molecular weight excluding hydrogens is 277 g/mol. The molecule has 7 heteroatoms. The summed E-state index contributed by atoms with van der Waals surface area (Å²) in [5.74, 6) is 0.442. The number of hydrogen-bond acceptors (Lipinski definition) is 5. The first-order chi connectivity index (χ1) is 10.1. The van der Waals surface area contributed by atoms with Crippen LogP contribution in [-0.4, -0.2) is 23.1 Å². The zero-order valence-electron chi connectivity index (χ0n) is 11.3. The van der Waals surface area contributed by atoms with Crippen molar-refractivity contribution in [2.45, 2.75) is 6.61 Å². The highest BCUT2D eigenvalue weighted by Crippen LogP contribution is 2.23. The Kier molecular flexibility index (Phi) is 4.55. The van der Waals surface area contributed by atoms with Crippen molar-refractivity contribution in [2.24, 2.45) is 10.9 Å². The van der Waals surface area contributed by atoms with Crippen LogP contribution < -0.4 is 15.2 Å². The zero-order valence-corrected chi connectivity index (χ0v) is 11.3. The van der Waals surface area contributed by atoms with Crippen LogP contribution in [0.25, 0.3) is 0 Å². The van der Waals surface area contributed by atoms with E-state index in [1.165, 1.54) is 19.4 Å². The highest BCUT2D eigenvalue weighted by Gasteiger charge is 2.07. The summed E-state index contributed by atoms with van der Waals surface area (Å²) in [5, 5.41) is 11.6. The Bertz CT molecular complexity index is 662. The Morgan fingerprint density at radius 1 is 1.29 bits per heavy atom. The molecule has 0 aliphatic heterocycles. The minimum absolute atomic E-state index is 0.0637. The summed E-state index contributed by atoms with van der Waals surface area (Å²) >= 11 is 0. The van der Waals surface area contributed by atoms with Crippen LogP contribution in [0, 0.1) is 5.82 Å². The largest absolute Gasteiger partial charge is 0.497 e. The smallest absolute Gasteiger partial charge is 0.170 e. The Morgan fingerprint density at radius 3 is 2.71 bits per heavy atom. The molecule has 21 heavy (non-hydrogen) atoms. The predicted molar refractivity (Wildman–Crippen MR) is 74.0 cm³/mol. The van der Waals surface area contributed by atoms with Gasteiger partial charge in [-0.3, -0.25) is 4.98 Å². The van der Waals surface area contributed by atoms with Gasteiger partial charge < -0.3 is 20.4 Å². The number of amidine groups is 1. The molecule has 1 aromatic heterocycles. The molecule has 0 atom stereocenters. The summed E-state index contributed by atoms with van der Waals surface area (Å²) in [6.45, 7) is 0.132. The van der Waals surface area contributed by atoms with Crippen molar-refractivity contribution in [2.75, 3.05) is 7.11 Å². The van der Waals surface area contributed by atoms with Gasteiger partial charge in [-0.2, -0.15) is 0 Å². The first-order valence-corrected chi connectivity index (χ1v) is 6.01. The minimum atomic E-state index is -0.431. The molecule has 2 aromatic rings. The monoisotopic (exact) mass is 291 g/mol. The fourth-order valence-electron chi connectivity index (χ4n) is 1.68. The number of nitrogens with zero attached hydrogens (tertiary/aromatic N) is 2. The normalized spacial score (nSPS) is 11.2. The third-order valence-electron chi connectivity index (χ3n) is 2.69. The molecule has 3 N–H and O–H groups in total.